The summed E-state index contributed by atoms with van der Waals surface area (Å²) in [6.07, 6.45) is -7.02. The Hall–Kier alpha value is -7.19. The van der Waals surface area contributed by atoms with E-state index in [2.05, 4.69) is 9.97 Å². The number of alkyl halides is 9. The van der Waals surface area contributed by atoms with E-state index in [9.17, 15) is 44.6 Å². The van der Waals surface area contributed by atoms with Gasteiger partial charge in [0.2, 0.25) is 0 Å². The third kappa shape index (κ3) is 7.57. The maximum absolute atomic E-state index is 13.7. The van der Waals surface area contributed by atoms with Gasteiger partial charge in [-0.15, -0.1) is 0 Å². The summed E-state index contributed by atoms with van der Waals surface area (Å²) in [6, 6.07) is 27.7. The van der Waals surface area contributed by atoms with Crippen LogP contribution in [0.25, 0.3) is 90.9 Å². The number of hydrogen-bond acceptors (Lipinski definition) is 3. The van der Waals surface area contributed by atoms with E-state index in [0.29, 0.717) is 94.9 Å². The molecule has 8 bridgehead atoms. The van der Waals surface area contributed by atoms with Gasteiger partial charge in [-0.05, 0) is 113 Å². The van der Waals surface area contributed by atoms with E-state index in [-0.39, 0.29) is 6.61 Å². The highest BCUT2D eigenvalue weighted by molar-refractivity contribution is 5.99. The molecule has 62 heavy (non-hydrogen) atoms. The second-order valence-electron chi connectivity index (χ2n) is 14.6. The first-order chi connectivity index (χ1) is 29.5. The molecule has 0 aliphatic carbocycles. The van der Waals surface area contributed by atoms with Crippen LogP contribution in [-0.4, -0.2) is 25.0 Å². The molecule has 0 amide bonds. The summed E-state index contributed by atoms with van der Waals surface area (Å²) in [5.41, 5.74) is 4.92. The third-order valence-electron chi connectivity index (χ3n) is 10.7. The van der Waals surface area contributed by atoms with Crippen LogP contribution in [0.2, 0.25) is 0 Å². The topological polar surface area (TPSA) is 77.6 Å². The molecule has 2 aliphatic rings. The van der Waals surface area contributed by atoms with Crippen LogP contribution in [0.3, 0.4) is 0 Å². The molecule has 0 spiro atoms. The van der Waals surface area contributed by atoms with Crippen LogP contribution < -0.4 is 0 Å². The minimum absolute atomic E-state index is 0.206. The molecule has 0 unspecified atom stereocenters. The van der Waals surface area contributed by atoms with Crippen molar-refractivity contribution in [2.75, 3.05) is 0 Å². The van der Waals surface area contributed by atoms with Gasteiger partial charge >= 0.3 is 18.5 Å². The van der Waals surface area contributed by atoms with Crippen molar-refractivity contribution in [1.82, 2.24) is 19.9 Å². The number of aromatic nitrogens is 4. The van der Waals surface area contributed by atoms with E-state index in [1.165, 1.54) is 36.4 Å². The van der Waals surface area contributed by atoms with Gasteiger partial charge in [0.1, 0.15) is 0 Å². The maximum atomic E-state index is 13.7. The quantitative estimate of drug-likeness (QED) is 0.151. The van der Waals surface area contributed by atoms with Gasteiger partial charge in [-0.1, -0.05) is 60.7 Å². The smallest absolute Gasteiger partial charge is 0.392 e. The lowest BCUT2D eigenvalue weighted by atomic mass is 10.0. The molecule has 14 heteroatoms. The second-order valence-corrected chi connectivity index (χ2v) is 14.6. The first-order valence-electron chi connectivity index (χ1n) is 18.9. The zero-order valence-corrected chi connectivity index (χ0v) is 31.8. The van der Waals surface area contributed by atoms with Crippen molar-refractivity contribution in [1.29, 1.82) is 0 Å². The zero-order chi connectivity index (χ0) is 43.6. The third-order valence-corrected chi connectivity index (χ3v) is 10.7. The Morgan fingerprint density at radius 2 is 0.597 bits per heavy atom. The molecule has 0 saturated carbocycles. The number of aliphatic hydroxyl groups is 1. The van der Waals surface area contributed by atoms with Crippen molar-refractivity contribution in [2.24, 2.45) is 0 Å². The highest BCUT2D eigenvalue weighted by Gasteiger charge is 2.32. The van der Waals surface area contributed by atoms with Crippen molar-refractivity contribution >= 4 is 46.4 Å². The molecular weight excluding hydrogens is 820 g/mol. The maximum Gasteiger partial charge on any atom is 0.416 e. The number of nitrogens with zero attached hydrogens (tertiary/aromatic N) is 2. The molecule has 0 atom stereocenters. The van der Waals surface area contributed by atoms with Gasteiger partial charge in [-0.3, -0.25) is 0 Å². The van der Waals surface area contributed by atoms with Crippen LogP contribution in [0.15, 0.2) is 121 Å². The summed E-state index contributed by atoms with van der Waals surface area (Å²) in [5.74, 6) is 0. The Bertz CT molecular complexity index is 3030. The van der Waals surface area contributed by atoms with Crippen LogP contribution >= 0.6 is 0 Å². The Balaban J connectivity index is 1.42. The number of H-pyrrole nitrogens is 2. The van der Waals surface area contributed by atoms with Gasteiger partial charge in [0.25, 0.3) is 0 Å². The molecule has 0 saturated heterocycles. The standard InChI is InChI=1S/C48H29F9N4O/c49-46(50,51)31-11-5-28(6-12-31)43-36-19-17-34(58-36)42(27-3-1-26(25-62)2-4-27)35-18-20-37(59-35)44(29-7-13-32(14-8-29)47(52,53)54)39-22-24-41(61-39)45(40-23-21-38(43)60-40)30-9-15-33(16-10-30)48(55,56)57/h1-24,58,61-62H,25H2. The van der Waals surface area contributed by atoms with E-state index in [1.807, 2.05) is 0 Å². The fourth-order valence-corrected chi connectivity index (χ4v) is 7.67. The van der Waals surface area contributed by atoms with Gasteiger partial charge in [-0.25, -0.2) is 9.97 Å². The Labute approximate surface area is 346 Å². The predicted molar refractivity (Wildman–Crippen MR) is 222 cm³/mol. The van der Waals surface area contributed by atoms with Gasteiger partial charge in [0.15, 0.2) is 0 Å². The largest absolute Gasteiger partial charge is 0.416 e. The molecule has 4 aromatic carbocycles. The highest BCUT2D eigenvalue weighted by Crippen LogP contribution is 2.41. The molecule has 9 rings (SSSR count). The summed E-state index contributed by atoms with van der Waals surface area (Å²) < 4.78 is 124. The number of aromatic amines is 2. The van der Waals surface area contributed by atoms with Gasteiger partial charge in [0, 0.05) is 44.3 Å². The molecule has 0 radical (unpaired) electrons. The Kier molecular flexibility index (Phi) is 9.77. The Morgan fingerprint density at radius 3 is 0.823 bits per heavy atom. The lowest BCUT2D eigenvalue weighted by Gasteiger charge is -2.10. The molecular formula is C48H29F9N4O. The van der Waals surface area contributed by atoms with E-state index >= 15 is 0 Å². The van der Waals surface area contributed by atoms with Crippen LogP contribution in [-0.2, 0) is 25.1 Å². The molecule has 3 N–H and O–H groups in total. The number of hydrogen-bond donors (Lipinski definition) is 3. The van der Waals surface area contributed by atoms with Gasteiger partial charge < -0.3 is 15.1 Å². The minimum atomic E-state index is -4.62. The average Bonchev–Trinajstić information content (AvgIpc) is 4.09. The van der Waals surface area contributed by atoms with E-state index in [1.54, 1.807) is 72.8 Å². The molecule has 2 aliphatic heterocycles. The molecule has 7 aromatic rings. The van der Waals surface area contributed by atoms with Crippen LogP contribution in [0.4, 0.5) is 39.5 Å². The fourth-order valence-electron chi connectivity index (χ4n) is 7.67. The van der Waals surface area contributed by atoms with Crippen molar-refractivity contribution in [3.05, 3.63) is 166 Å². The molecule has 3 aromatic heterocycles. The summed E-state index contributed by atoms with van der Waals surface area (Å²) in [5, 5.41) is 9.79. The Morgan fingerprint density at radius 1 is 0.355 bits per heavy atom. The van der Waals surface area contributed by atoms with Crippen LogP contribution in [0, 0.1) is 0 Å². The monoisotopic (exact) mass is 848 g/mol. The summed E-state index contributed by atoms with van der Waals surface area (Å²) in [7, 11) is 0. The number of benzene rings is 4. The van der Waals surface area contributed by atoms with Gasteiger partial charge in [-0.2, -0.15) is 39.5 Å². The SMILES string of the molecule is OCc1ccc(-c2c3nc(c(-c4ccc(C(F)(F)F)cc4)c4ccc([nH]4)c(-c4ccc(C(F)(F)F)cc4)c4nc(c(-c5ccc(C(F)(F)F)cc5)c5ccc2[nH]5)C=C4)C=C3)cc1. The highest BCUT2D eigenvalue weighted by atomic mass is 19.4. The lowest BCUT2D eigenvalue weighted by molar-refractivity contribution is -0.138. The number of nitrogens with one attached hydrogen (secondary N) is 2. The molecule has 5 heterocycles. The summed E-state index contributed by atoms with van der Waals surface area (Å²) >= 11 is 0. The number of halogens is 9. The van der Waals surface area contributed by atoms with Crippen molar-refractivity contribution in [3.8, 4) is 44.5 Å². The van der Waals surface area contributed by atoms with Crippen molar-refractivity contribution in [3.63, 3.8) is 0 Å². The van der Waals surface area contributed by atoms with Crippen LogP contribution in [0.5, 0.6) is 0 Å². The number of aliphatic hydroxyl groups excluding tert-OH is 1. The first-order valence-corrected chi connectivity index (χ1v) is 18.9. The summed E-state index contributed by atoms with van der Waals surface area (Å²) in [4.78, 5) is 16.8. The van der Waals surface area contributed by atoms with Crippen molar-refractivity contribution in [2.45, 2.75) is 25.1 Å². The first kappa shape index (κ1) is 40.2. The molecule has 0 fully saturated rings. The lowest BCUT2D eigenvalue weighted by Crippen LogP contribution is -2.04. The molecule has 310 valence electrons. The van der Waals surface area contributed by atoms with Crippen LogP contribution in [0.1, 0.15) is 45.0 Å². The van der Waals surface area contributed by atoms with E-state index < -0.39 is 35.2 Å². The average molecular weight is 849 g/mol. The number of fused-ring (bicyclic) bond motifs is 8. The van der Waals surface area contributed by atoms with E-state index in [0.717, 1.165) is 36.4 Å². The molecule has 5 nitrogen and oxygen atoms in total. The fraction of sp³-hybridized carbons (Fsp3) is 0.0833. The van der Waals surface area contributed by atoms with Crippen molar-refractivity contribution < 1.29 is 44.6 Å². The zero-order valence-electron chi connectivity index (χ0n) is 31.8. The van der Waals surface area contributed by atoms with E-state index in [4.69, 9.17) is 9.97 Å². The minimum Gasteiger partial charge on any atom is -0.392 e. The predicted octanol–water partition coefficient (Wildman–Crippen LogP) is 13.9. The second kappa shape index (κ2) is 15.1. The van der Waals surface area contributed by atoms with Gasteiger partial charge in [0.05, 0.1) is 46.1 Å². The number of rotatable bonds is 5. The normalized spacial score (nSPS) is 12.9. The summed E-state index contributed by atoms with van der Waals surface area (Å²) in [6.45, 7) is -0.206.